The van der Waals surface area contributed by atoms with Gasteiger partial charge in [-0.15, -0.1) is 0 Å². The van der Waals surface area contributed by atoms with E-state index in [4.69, 9.17) is 9.47 Å². The fraction of sp³-hybridized carbons (Fsp3) is 0.882. The van der Waals surface area contributed by atoms with Gasteiger partial charge in [0.2, 0.25) is 0 Å². The van der Waals surface area contributed by atoms with Gasteiger partial charge in [0, 0.05) is 12.1 Å². The average molecular weight is 313 g/mol. The largest absolute Gasteiger partial charge is 0.466 e. The third-order valence-corrected chi connectivity index (χ3v) is 4.49. The van der Waals surface area contributed by atoms with Gasteiger partial charge >= 0.3 is 11.9 Å². The summed E-state index contributed by atoms with van der Waals surface area (Å²) in [6, 6.07) is -0.0760. The Morgan fingerprint density at radius 1 is 0.909 bits per heavy atom. The number of hydrogen-bond acceptors (Lipinski definition) is 5. The molecule has 4 unspecified atom stereocenters. The van der Waals surface area contributed by atoms with Crippen LogP contribution in [0, 0.1) is 23.2 Å². The highest BCUT2D eigenvalue weighted by Gasteiger charge is 2.53. The minimum atomic E-state index is -0.356. The van der Waals surface area contributed by atoms with Crippen molar-refractivity contribution in [1.29, 1.82) is 0 Å². The van der Waals surface area contributed by atoms with Gasteiger partial charge in [0.25, 0.3) is 0 Å². The number of nitrogens with one attached hydrogen (secondary N) is 1. The van der Waals surface area contributed by atoms with Crippen molar-refractivity contribution >= 4 is 11.9 Å². The number of piperidine rings is 1. The Labute approximate surface area is 134 Å². The highest BCUT2D eigenvalue weighted by molar-refractivity contribution is 5.78. The maximum Gasteiger partial charge on any atom is 0.310 e. The molecule has 0 radical (unpaired) electrons. The molecular formula is C17H31NO4. The molecule has 0 aliphatic carbocycles. The molecule has 1 heterocycles. The lowest BCUT2D eigenvalue weighted by molar-refractivity contribution is -0.167. The number of ether oxygens (including phenoxy) is 2. The van der Waals surface area contributed by atoms with Gasteiger partial charge in [-0.3, -0.25) is 9.59 Å². The first-order valence-corrected chi connectivity index (χ1v) is 8.24. The van der Waals surface area contributed by atoms with Crippen LogP contribution in [0.25, 0.3) is 0 Å². The van der Waals surface area contributed by atoms with Crippen LogP contribution in [0.1, 0.15) is 48.5 Å². The summed E-state index contributed by atoms with van der Waals surface area (Å²) < 4.78 is 10.5. The van der Waals surface area contributed by atoms with Gasteiger partial charge in [0.1, 0.15) is 0 Å². The first kappa shape index (κ1) is 18.9. The second kappa shape index (κ2) is 7.44. The molecule has 5 heteroatoms. The van der Waals surface area contributed by atoms with E-state index in [-0.39, 0.29) is 47.2 Å². The fourth-order valence-corrected chi connectivity index (χ4v) is 3.72. The van der Waals surface area contributed by atoms with E-state index in [1.54, 1.807) is 13.8 Å². The van der Waals surface area contributed by atoms with Crippen molar-refractivity contribution in [2.24, 2.45) is 23.2 Å². The van der Waals surface area contributed by atoms with Gasteiger partial charge in [0.05, 0.1) is 25.0 Å². The topological polar surface area (TPSA) is 64.6 Å². The maximum absolute atomic E-state index is 12.5. The van der Waals surface area contributed by atoms with Gasteiger partial charge < -0.3 is 14.8 Å². The van der Waals surface area contributed by atoms with E-state index in [0.717, 1.165) is 0 Å². The highest BCUT2D eigenvalue weighted by atomic mass is 16.5. The average Bonchev–Trinajstić information content (AvgIpc) is 2.36. The van der Waals surface area contributed by atoms with Crippen molar-refractivity contribution in [2.45, 2.75) is 60.5 Å². The first-order valence-electron chi connectivity index (χ1n) is 8.24. The lowest BCUT2D eigenvalue weighted by Gasteiger charge is -2.49. The molecule has 0 aromatic rings. The van der Waals surface area contributed by atoms with E-state index in [0.29, 0.717) is 13.2 Å². The molecule has 0 aromatic carbocycles. The van der Waals surface area contributed by atoms with E-state index in [1.165, 1.54) is 0 Å². The zero-order valence-electron chi connectivity index (χ0n) is 14.9. The molecule has 1 N–H and O–H groups in total. The maximum atomic E-state index is 12.5. The Hall–Kier alpha value is -1.10. The molecule has 0 spiro atoms. The highest BCUT2D eigenvalue weighted by Crippen LogP contribution is 2.44. The predicted octanol–water partition coefficient (Wildman–Crippen LogP) is 2.39. The summed E-state index contributed by atoms with van der Waals surface area (Å²) in [5.74, 6) is -1.31. The molecule has 0 saturated carbocycles. The van der Waals surface area contributed by atoms with Gasteiger partial charge in [-0.05, 0) is 39.0 Å². The molecule has 1 saturated heterocycles. The SMILES string of the molecule is CCOC(=O)C1C(C)NC(C)C(C(=O)OCC)C1C(C)(C)C. The zero-order valence-corrected chi connectivity index (χ0v) is 14.9. The van der Waals surface area contributed by atoms with Crippen LogP contribution in [0.4, 0.5) is 0 Å². The summed E-state index contributed by atoms with van der Waals surface area (Å²) in [4.78, 5) is 25.0. The monoisotopic (exact) mass is 313 g/mol. The predicted molar refractivity (Wildman–Crippen MR) is 85.3 cm³/mol. The normalized spacial score (nSPS) is 32.4. The number of carbonyl (C=O) groups excluding carboxylic acids is 2. The van der Waals surface area contributed by atoms with Crippen molar-refractivity contribution in [2.75, 3.05) is 13.2 Å². The number of hydrogen-bond donors (Lipinski definition) is 1. The quantitative estimate of drug-likeness (QED) is 0.807. The molecule has 5 nitrogen and oxygen atoms in total. The Balaban J connectivity index is 3.23. The van der Waals surface area contributed by atoms with E-state index >= 15 is 0 Å². The third-order valence-electron chi connectivity index (χ3n) is 4.49. The molecule has 0 aromatic heterocycles. The summed E-state index contributed by atoms with van der Waals surface area (Å²) in [5, 5.41) is 3.36. The standard InChI is InChI=1S/C17H31NO4/c1-8-21-15(19)12-10(3)18-11(4)13(16(20)22-9-2)14(12)17(5,6)7/h10-14,18H,8-9H2,1-7H3. The molecular weight excluding hydrogens is 282 g/mol. The smallest absolute Gasteiger partial charge is 0.310 e. The summed E-state index contributed by atoms with van der Waals surface area (Å²) in [7, 11) is 0. The molecule has 22 heavy (non-hydrogen) atoms. The summed E-state index contributed by atoms with van der Waals surface area (Å²) in [6.07, 6.45) is 0. The molecule has 1 rings (SSSR count). The number of carbonyl (C=O) groups is 2. The second-order valence-corrected chi connectivity index (χ2v) is 7.19. The summed E-state index contributed by atoms with van der Waals surface area (Å²) in [6.45, 7) is 14.5. The van der Waals surface area contributed by atoms with Gasteiger partial charge in [-0.25, -0.2) is 0 Å². The van der Waals surface area contributed by atoms with Crippen LogP contribution < -0.4 is 5.32 Å². The van der Waals surface area contributed by atoms with Gasteiger partial charge in [0.15, 0.2) is 0 Å². The molecule has 1 aliphatic rings. The van der Waals surface area contributed by atoms with Crippen LogP contribution in [0.15, 0.2) is 0 Å². The number of esters is 2. The summed E-state index contributed by atoms with van der Waals surface area (Å²) >= 11 is 0. The molecule has 0 amide bonds. The van der Waals surface area contributed by atoms with Crippen LogP contribution in [-0.2, 0) is 19.1 Å². The summed E-state index contributed by atoms with van der Waals surface area (Å²) in [5.41, 5.74) is -0.209. The van der Waals surface area contributed by atoms with Crippen molar-refractivity contribution in [3.8, 4) is 0 Å². The van der Waals surface area contributed by atoms with Gasteiger partial charge in [-0.2, -0.15) is 0 Å². The van der Waals surface area contributed by atoms with Crippen molar-refractivity contribution in [3.05, 3.63) is 0 Å². The third kappa shape index (κ3) is 4.00. The lowest BCUT2D eigenvalue weighted by atomic mass is 9.61. The van der Waals surface area contributed by atoms with Crippen LogP contribution >= 0.6 is 0 Å². The van der Waals surface area contributed by atoms with E-state index < -0.39 is 0 Å². The molecule has 1 fully saturated rings. The lowest BCUT2D eigenvalue weighted by Crippen LogP contribution is -2.62. The fourth-order valence-electron chi connectivity index (χ4n) is 3.72. The Bertz CT molecular complexity index is 372. The minimum absolute atomic E-state index is 0.0380. The van der Waals surface area contributed by atoms with Gasteiger partial charge in [-0.1, -0.05) is 20.8 Å². The molecule has 0 bridgehead atoms. The van der Waals surface area contributed by atoms with Crippen LogP contribution in [0.3, 0.4) is 0 Å². The zero-order chi connectivity index (χ0) is 17.1. The minimum Gasteiger partial charge on any atom is -0.466 e. The molecule has 128 valence electrons. The van der Waals surface area contributed by atoms with Crippen LogP contribution in [0.5, 0.6) is 0 Å². The number of rotatable bonds is 4. The second-order valence-electron chi connectivity index (χ2n) is 7.19. The van der Waals surface area contributed by atoms with E-state index in [2.05, 4.69) is 26.1 Å². The first-order chi connectivity index (χ1) is 10.1. The molecule has 4 atom stereocenters. The Morgan fingerprint density at radius 2 is 1.27 bits per heavy atom. The van der Waals surface area contributed by atoms with Crippen molar-refractivity contribution in [1.82, 2.24) is 5.32 Å². The van der Waals surface area contributed by atoms with Crippen molar-refractivity contribution < 1.29 is 19.1 Å². The Morgan fingerprint density at radius 3 is 1.55 bits per heavy atom. The van der Waals surface area contributed by atoms with E-state index in [1.807, 2.05) is 13.8 Å². The molecule has 1 aliphatic heterocycles. The van der Waals surface area contributed by atoms with Crippen molar-refractivity contribution in [3.63, 3.8) is 0 Å². The van der Waals surface area contributed by atoms with E-state index in [9.17, 15) is 9.59 Å². The van der Waals surface area contributed by atoms with Crippen LogP contribution in [0.2, 0.25) is 0 Å². The van der Waals surface area contributed by atoms with Crippen LogP contribution in [-0.4, -0.2) is 37.2 Å². The Kier molecular flexibility index (Phi) is 6.41.